The van der Waals surface area contributed by atoms with Gasteiger partial charge in [0.15, 0.2) is 5.13 Å². The smallest absolute Gasteiger partial charge is 0.236 e. The van der Waals surface area contributed by atoms with E-state index in [1.807, 2.05) is 53.9 Å². The Bertz CT molecular complexity index is 1150. The van der Waals surface area contributed by atoms with Gasteiger partial charge in [-0.05, 0) is 36.6 Å². The standard InChI is InChI=1S/C22H22N4O3S2/c27-21(25-22-24-20(16-30-22)19-8-4-5-12-23-19)18-9-13-26(14-10-18)31(28,29)15-11-17-6-2-1-3-7-17/h1-8,11-12,15-16,18H,9-10,13-14H2,(H,24,25,27)/b15-11+. The molecule has 0 bridgehead atoms. The number of anilines is 1. The molecule has 0 unspecified atom stereocenters. The monoisotopic (exact) mass is 454 g/mol. The van der Waals surface area contributed by atoms with Crippen LogP contribution in [-0.4, -0.2) is 41.7 Å². The van der Waals surface area contributed by atoms with Crippen molar-refractivity contribution in [2.75, 3.05) is 18.4 Å². The van der Waals surface area contributed by atoms with Crippen LogP contribution in [0.2, 0.25) is 0 Å². The molecule has 31 heavy (non-hydrogen) atoms. The molecule has 1 saturated heterocycles. The number of amides is 1. The summed E-state index contributed by atoms with van der Waals surface area (Å²) in [5.74, 6) is -0.370. The first-order chi connectivity index (χ1) is 15.0. The van der Waals surface area contributed by atoms with Crippen LogP contribution in [0.4, 0.5) is 5.13 Å². The Labute approximate surface area is 185 Å². The van der Waals surface area contributed by atoms with Gasteiger partial charge in [-0.2, -0.15) is 4.31 Å². The van der Waals surface area contributed by atoms with Crippen molar-refractivity contribution in [2.24, 2.45) is 5.92 Å². The summed E-state index contributed by atoms with van der Waals surface area (Å²) in [6.45, 7) is 0.632. The number of carbonyl (C=O) groups is 1. The van der Waals surface area contributed by atoms with Crippen LogP contribution < -0.4 is 5.32 Å². The van der Waals surface area contributed by atoms with Crippen LogP contribution in [0.5, 0.6) is 0 Å². The fraction of sp³-hybridized carbons (Fsp3) is 0.227. The molecule has 7 nitrogen and oxygen atoms in total. The van der Waals surface area contributed by atoms with Crippen molar-refractivity contribution < 1.29 is 13.2 Å². The highest BCUT2D eigenvalue weighted by Gasteiger charge is 2.30. The van der Waals surface area contributed by atoms with Crippen LogP contribution in [0.3, 0.4) is 0 Å². The van der Waals surface area contributed by atoms with E-state index in [-0.39, 0.29) is 11.8 Å². The zero-order chi connectivity index (χ0) is 21.7. The molecule has 0 radical (unpaired) electrons. The largest absolute Gasteiger partial charge is 0.302 e. The number of hydrogen-bond acceptors (Lipinski definition) is 6. The molecule has 3 heterocycles. The quantitative estimate of drug-likeness (QED) is 0.611. The molecule has 1 aliphatic heterocycles. The fourth-order valence-electron chi connectivity index (χ4n) is 3.36. The van der Waals surface area contributed by atoms with Crippen LogP contribution in [0.25, 0.3) is 17.5 Å². The zero-order valence-corrected chi connectivity index (χ0v) is 18.3. The van der Waals surface area contributed by atoms with E-state index in [0.717, 1.165) is 11.3 Å². The summed E-state index contributed by atoms with van der Waals surface area (Å²) in [6, 6.07) is 14.9. The maximum atomic E-state index is 12.6. The Morgan fingerprint density at radius 2 is 1.81 bits per heavy atom. The Morgan fingerprint density at radius 1 is 1.06 bits per heavy atom. The first kappa shape index (κ1) is 21.4. The van der Waals surface area contributed by atoms with E-state index < -0.39 is 10.0 Å². The molecule has 0 aliphatic carbocycles. The Kier molecular flexibility index (Phi) is 6.55. The molecular weight excluding hydrogens is 432 g/mol. The van der Waals surface area contributed by atoms with E-state index in [9.17, 15) is 13.2 Å². The highest BCUT2D eigenvalue weighted by Crippen LogP contribution is 2.26. The molecule has 9 heteroatoms. The Hall–Kier alpha value is -2.88. The number of piperidine rings is 1. The lowest BCUT2D eigenvalue weighted by atomic mass is 9.97. The molecule has 1 N–H and O–H groups in total. The maximum Gasteiger partial charge on any atom is 0.236 e. The van der Waals surface area contributed by atoms with Crippen molar-refractivity contribution in [1.82, 2.24) is 14.3 Å². The van der Waals surface area contributed by atoms with Crippen LogP contribution >= 0.6 is 11.3 Å². The van der Waals surface area contributed by atoms with E-state index in [4.69, 9.17) is 0 Å². The minimum atomic E-state index is -3.51. The lowest BCUT2D eigenvalue weighted by molar-refractivity contribution is -0.120. The van der Waals surface area contributed by atoms with Crippen molar-refractivity contribution in [3.05, 3.63) is 71.1 Å². The van der Waals surface area contributed by atoms with Crippen molar-refractivity contribution in [3.63, 3.8) is 0 Å². The van der Waals surface area contributed by atoms with Crippen LogP contribution in [0.15, 0.2) is 65.5 Å². The number of pyridine rings is 1. The molecule has 1 amide bonds. The third-order valence-corrected chi connectivity index (χ3v) is 7.40. The normalized spacial score (nSPS) is 15.9. The Morgan fingerprint density at radius 3 is 2.52 bits per heavy atom. The molecule has 0 atom stereocenters. The number of rotatable bonds is 6. The Balaban J connectivity index is 1.32. The lowest BCUT2D eigenvalue weighted by Gasteiger charge is -2.29. The summed E-state index contributed by atoms with van der Waals surface area (Å²) in [6.07, 6.45) is 4.24. The number of hydrogen-bond donors (Lipinski definition) is 1. The van der Waals surface area contributed by atoms with E-state index in [0.29, 0.717) is 36.8 Å². The van der Waals surface area contributed by atoms with E-state index in [2.05, 4.69) is 15.3 Å². The summed E-state index contributed by atoms with van der Waals surface area (Å²) in [5.41, 5.74) is 2.29. The van der Waals surface area contributed by atoms with Gasteiger partial charge in [-0.1, -0.05) is 36.4 Å². The molecule has 160 valence electrons. The average Bonchev–Trinajstić information content (AvgIpc) is 3.28. The molecule has 4 rings (SSSR count). The number of benzene rings is 1. The van der Waals surface area contributed by atoms with Gasteiger partial charge in [-0.15, -0.1) is 11.3 Å². The van der Waals surface area contributed by atoms with Gasteiger partial charge in [0.05, 0.1) is 5.69 Å². The predicted molar refractivity (Wildman–Crippen MR) is 123 cm³/mol. The number of aromatic nitrogens is 2. The minimum Gasteiger partial charge on any atom is -0.302 e. The number of nitrogens with zero attached hydrogens (tertiary/aromatic N) is 3. The van der Waals surface area contributed by atoms with Crippen molar-refractivity contribution >= 4 is 38.5 Å². The van der Waals surface area contributed by atoms with E-state index in [1.165, 1.54) is 21.1 Å². The highest BCUT2D eigenvalue weighted by molar-refractivity contribution is 7.92. The van der Waals surface area contributed by atoms with Gasteiger partial charge >= 0.3 is 0 Å². The lowest BCUT2D eigenvalue weighted by Crippen LogP contribution is -2.40. The second kappa shape index (κ2) is 9.51. The summed E-state index contributed by atoms with van der Waals surface area (Å²) >= 11 is 1.35. The topological polar surface area (TPSA) is 92.3 Å². The van der Waals surface area contributed by atoms with Crippen LogP contribution in [0.1, 0.15) is 18.4 Å². The third kappa shape index (κ3) is 5.43. The molecule has 1 fully saturated rings. The fourth-order valence-corrected chi connectivity index (χ4v) is 5.29. The van der Waals surface area contributed by atoms with Gasteiger partial charge in [0.1, 0.15) is 5.69 Å². The summed E-state index contributed by atoms with van der Waals surface area (Å²) in [7, 11) is -3.51. The van der Waals surface area contributed by atoms with E-state index >= 15 is 0 Å². The van der Waals surface area contributed by atoms with Gasteiger partial charge in [0.25, 0.3) is 0 Å². The number of sulfonamides is 1. The third-order valence-electron chi connectivity index (χ3n) is 5.08. The number of nitrogens with one attached hydrogen (secondary N) is 1. The molecule has 0 saturated carbocycles. The molecule has 1 aromatic carbocycles. The second-order valence-corrected chi connectivity index (χ2v) is 9.85. The maximum absolute atomic E-state index is 12.6. The van der Waals surface area contributed by atoms with Gasteiger partial charge in [-0.25, -0.2) is 13.4 Å². The minimum absolute atomic E-state index is 0.126. The average molecular weight is 455 g/mol. The van der Waals surface area contributed by atoms with Crippen molar-refractivity contribution in [2.45, 2.75) is 12.8 Å². The molecular formula is C22H22N4O3S2. The van der Waals surface area contributed by atoms with Crippen molar-refractivity contribution in [1.29, 1.82) is 0 Å². The number of carbonyl (C=O) groups excluding carboxylic acids is 1. The van der Waals surface area contributed by atoms with Gasteiger partial charge in [0, 0.05) is 36.0 Å². The summed E-state index contributed by atoms with van der Waals surface area (Å²) in [5, 5.41) is 6.47. The SMILES string of the molecule is O=C(Nc1nc(-c2ccccn2)cs1)C1CCN(S(=O)(=O)/C=C/c2ccccc2)CC1. The molecule has 2 aromatic heterocycles. The van der Waals surface area contributed by atoms with Gasteiger partial charge in [0.2, 0.25) is 15.9 Å². The zero-order valence-electron chi connectivity index (χ0n) is 16.7. The predicted octanol–water partition coefficient (Wildman–Crippen LogP) is 3.86. The van der Waals surface area contributed by atoms with Crippen LogP contribution in [-0.2, 0) is 14.8 Å². The first-order valence-electron chi connectivity index (χ1n) is 9.92. The summed E-state index contributed by atoms with van der Waals surface area (Å²) < 4.78 is 26.6. The second-order valence-electron chi connectivity index (χ2n) is 7.17. The van der Waals surface area contributed by atoms with Gasteiger partial charge in [-0.3, -0.25) is 9.78 Å². The summed E-state index contributed by atoms with van der Waals surface area (Å²) in [4.78, 5) is 21.3. The first-order valence-corrected chi connectivity index (χ1v) is 12.3. The highest BCUT2D eigenvalue weighted by atomic mass is 32.2. The molecule has 3 aromatic rings. The van der Waals surface area contributed by atoms with E-state index in [1.54, 1.807) is 12.3 Å². The molecule has 1 aliphatic rings. The van der Waals surface area contributed by atoms with Crippen LogP contribution in [0, 0.1) is 5.92 Å². The molecule has 0 spiro atoms. The van der Waals surface area contributed by atoms with Gasteiger partial charge < -0.3 is 5.32 Å². The van der Waals surface area contributed by atoms with Crippen molar-refractivity contribution in [3.8, 4) is 11.4 Å². The number of thiazole rings is 1.